The fourth-order valence-electron chi connectivity index (χ4n) is 1.84. The van der Waals surface area contributed by atoms with E-state index in [9.17, 15) is 0 Å². The van der Waals surface area contributed by atoms with Gasteiger partial charge in [0.25, 0.3) is 0 Å². The zero-order valence-corrected chi connectivity index (χ0v) is 9.24. The van der Waals surface area contributed by atoms with E-state index in [1.54, 1.807) is 6.20 Å². The number of rotatable bonds is 1. The van der Waals surface area contributed by atoms with E-state index in [4.69, 9.17) is 0 Å². The standard InChI is InChI=1S/C14H11N3/c1-2-7-12-11(5-1)6-3-8-13(16-12)14-9-4-10-15-17-14/h1-7,9-10H,8H2. The van der Waals surface area contributed by atoms with Gasteiger partial charge in [0.1, 0.15) is 5.69 Å². The molecule has 1 aromatic carbocycles. The lowest BCUT2D eigenvalue weighted by Gasteiger charge is -2.01. The second kappa shape index (κ2) is 4.29. The second-order valence-electron chi connectivity index (χ2n) is 3.83. The molecule has 17 heavy (non-hydrogen) atoms. The van der Waals surface area contributed by atoms with E-state index in [0.717, 1.165) is 29.1 Å². The quantitative estimate of drug-likeness (QED) is 0.742. The minimum atomic E-state index is 0.785. The summed E-state index contributed by atoms with van der Waals surface area (Å²) in [6, 6.07) is 11.9. The van der Waals surface area contributed by atoms with Crippen molar-refractivity contribution in [1.82, 2.24) is 10.2 Å². The fraction of sp³-hybridized carbons (Fsp3) is 0.0714. The SMILES string of the molecule is C1=Cc2ccccc2N=C(c2cccnn2)C1. The van der Waals surface area contributed by atoms with Crippen LogP contribution in [0.2, 0.25) is 0 Å². The Bertz CT molecular complexity index is 585. The zero-order chi connectivity index (χ0) is 11.5. The number of aliphatic imine (C=N–C) groups is 1. The summed E-state index contributed by atoms with van der Waals surface area (Å²) in [5.41, 5.74) is 3.93. The molecule has 0 atom stereocenters. The zero-order valence-electron chi connectivity index (χ0n) is 9.24. The highest BCUT2D eigenvalue weighted by molar-refractivity contribution is 6.02. The molecule has 0 spiro atoms. The van der Waals surface area contributed by atoms with Crippen LogP contribution in [0.5, 0.6) is 0 Å². The van der Waals surface area contributed by atoms with Gasteiger partial charge in [-0.15, -0.1) is 5.10 Å². The van der Waals surface area contributed by atoms with E-state index in [1.807, 2.05) is 30.3 Å². The molecular weight excluding hydrogens is 210 g/mol. The van der Waals surface area contributed by atoms with Crippen molar-refractivity contribution < 1.29 is 0 Å². The van der Waals surface area contributed by atoms with E-state index in [-0.39, 0.29) is 0 Å². The highest BCUT2D eigenvalue weighted by atomic mass is 15.1. The Hall–Kier alpha value is -2.29. The van der Waals surface area contributed by atoms with Crippen molar-refractivity contribution >= 4 is 17.5 Å². The molecule has 0 saturated carbocycles. The van der Waals surface area contributed by atoms with Crippen molar-refractivity contribution in [3.63, 3.8) is 0 Å². The first-order valence-corrected chi connectivity index (χ1v) is 5.55. The number of allylic oxidation sites excluding steroid dienone is 1. The molecule has 0 N–H and O–H groups in total. The van der Waals surface area contributed by atoms with Gasteiger partial charge in [0.05, 0.1) is 11.4 Å². The summed E-state index contributed by atoms with van der Waals surface area (Å²) >= 11 is 0. The largest absolute Gasteiger partial charge is 0.250 e. The molecule has 0 saturated heterocycles. The summed E-state index contributed by atoms with van der Waals surface area (Å²) in [7, 11) is 0. The number of nitrogens with zero attached hydrogens (tertiary/aromatic N) is 3. The maximum Gasteiger partial charge on any atom is 0.107 e. The van der Waals surface area contributed by atoms with Crippen LogP contribution in [0.1, 0.15) is 17.7 Å². The molecule has 1 aliphatic heterocycles. The van der Waals surface area contributed by atoms with Gasteiger partial charge in [-0.05, 0) is 23.8 Å². The van der Waals surface area contributed by atoms with Crippen LogP contribution in [0, 0.1) is 0 Å². The topological polar surface area (TPSA) is 38.1 Å². The number of fused-ring (bicyclic) bond motifs is 1. The van der Waals surface area contributed by atoms with Gasteiger partial charge in [-0.25, -0.2) is 0 Å². The van der Waals surface area contributed by atoms with Gasteiger partial charge in [0.15, 0.2) is 0 Å². The van der Waals surface area contributed by atoms with E-state index >= 15 is 0 Å². The molecule has 2 heterocycles. The first kappa shape index (κ1) is 9.90. The number of hydrogen-bond acceptors (Lipinski definition) is 3. The van der Waals surface area contributed by atoms with E-state index in [2.05, 4.69) is 33.4 Å². The Morgan fingerprint density at radius 2 is 1.94 bits per heavy atom. The molecule has 3 rings (SSSR count). The van der Waals surface area contributed by atoms with Crippen molar-refractivity contribution in [3.05, 3.63) is 59.9 Å². The van der Waals surface area contributed by atoms with Crippen LogP contribution in [-0.4, -0.2) is 15.9 Å². The molecule has 3 nitrogen and oxygen atoms in total. The fourth-order valence-corrected chi connectivity index (χ4v) is 1.84. The van der Waals surface area contributed by atoms with Gasteiger partial charge in [-0.3, -0.25) is 4.99 Å². The molecule has 0 unspecified atom stereocenters. The maximum atomic E-state index is 4.66. The van der Waals surface area contributed by atoms with Crippen molar-refractivity contribution in [2.75, 3.05) is 0 Å². The molecule has 0 aliphatic carbocycles. The monoisotopic (exact) mass is 221 g/mol. The van der Waals surface area contributed by atoms with Gasteiger partial charge in [-0.2, -0.15) is 5.10 Å². The number of benzene rings is 1. The molecular formula is C14H11N3. The van der Waals surface area contributed by atoms with Crippen LogP contribution in [0.15, 0.2) is 53.7 Å². The summed E-state index contributed by atoms with van der Waals surface area (Å²) in [5.74, 6) is 0. The minimum Gasteiger partial charge on any atom is -0.250 e. The molecule has 1 aromatic heterocycles. The number of para-hydroxylation sites is 1. The first-order valence-electron chi connectivity index (χ1n) is 5.55. The third kappa shape index (κ3) is 1.99. The Morgan fingerprint density at radius 1 is 1.00 bits per heavy atom. The van der Waals surface area contributed by atoms with Crippen molar-refractivity contribution in [2.45, 2.75) is 6.42 Å². The van der Waals surface area contributed by atoms with Gasteiger partial charge in [0, 0.05) is 12.6 Å². The summed E-state index contributed by atoms with van der Waals surface area (Å²) in [6.07, 6.45) is 6.67. The first-order chi connectivity index (χ1) is 8.43. The third-order valence-electron chi connectivity index (χ3n) is 2.67. The Kier molecular flexibility index (Phi) is 2.50. The molecule has 82 valence electrons. The predicted octanol–water partition coefficient (Wildman–Crippen LogP) is 3.01. The molecule has 0 fully saturated rings. The summed E-state index contributed by atoms with van der Waals surface area (Å²) in [4.78, 5) is 4.66. The smallest absolute Gasteiger partial charge is 0.107 e. The highest BCUT2D eigenvalue weighted by Gasteiger charge is 2.08. The molecule has 0 bridgehead atoms. The second-order valence-corrected chi connectivity index (χ2v) is 3.83. The lowest BCUT2D eigenvalue weighted by molar-refractivity contribution is 1.01. The number of aromatic nitrogens is 2. The van der Waals surface area contributed by atoms with E-state index < -0.39 is 0 Å². The van der Waals surface area contributed by atoms with Gasteiger partial charge < -0.3 is 0 Å². The Morgan fingerprint density at radius 3 is 2.82 bits per heavy atom. The van der Waals surface area contributed by atoms with Crippen LogP contribution in [0.25, 0.3) is 6.08 Å². The van der Waals surface area contributed by atoms with E-state index in [1.165, 1.54) is 0 Å². The minimum absolute atomic E-state index is 0.785. The predicted molar refractivity (Wildman–Crippen MR) is 68.3 cm³/mol. The van der Waals surface area contributed by atoms with Gasteiger partial charge in [0.2, 0.25) is 0 Å². The Labute approximate surface area is 99.6 Å². The van der Waals surface area contributed by atoms with Crippen LogP contribution in [0.3, 0.4) is 0 Å². The maximum absolute atomic E-state index is 4.66. The van der Waals surface area contributed by atoms with E-state index in [0.29, 0.717) is 0 Å². The van der Waals surface area contributed by atoms with Gasteiger partial charge >= 0.3 is 0 Å². The van der Waals surface area contributed by atoms with Gasteiger partial charge in [-0.1, -0.05) is 30.4 Å². The molecule has 0 amide bonds. The Balaban J connectivity index is 2.10. The van der Waals surface area contributed by atoms with Crippen LogP contribution in [0.4, 0.5) is 5.69 Å². The lowest BCUT2D eigenvalue weighted by Crippen LogP contribution is -2.02. The third-order valence-corrected chi connectivity index (χ3v) is 2.67. The molecule has 1 aliphatic rings. The van der Waals surface area contributed by atoms with Crippen LogP contribution in [-0.2, 0) is 0 Å². The number of hydrogen-bond donors (Lipinski definition) is 0. The summed E-state index contributed by atoms with van der Waals surface area (Å²) in [5, 5.41) is 7.99. The van der Waals surface area contributed by atoms with Crippen LogP contribution >= 0.6 is 0 Å². The molecule has 2 aromatic rings. The van der Waals surface area contributed by atoms with Crippen molar-refractivity contribution in [2.24, 2.45) is 4.99 Å². The van der Waals surface area contributed by atoms with Crippen molar-refractivity contribution in [3.8, 4) is 0 Å². The average molecular weight is 221 g/mol. The van der Waals surface area contributed by atoms with Crippen LogP contribution < -0.4 is 0 Å². The summed E-state index contributed by atoms with van der Waals surface area (Å²) < 4.78 is 0. The van der Waals surface area contributed by atoms with Crippen molar-refractivity contribution in [1.29, 1.82) is 0 Å². The normalized spacial score (nSPS) is 13.8. The average Bonchev–Trinajstić information content (AvgIpc) is 2.62. The molecule has 0 radical (unpaired) electrons. The molecule has 3 heteroatoms. The summed E-state index contributed by atoms with van der Waals surface area (Å²) in [6.45, 7) is 0. The highest BCUT2D eigenvalue weighted by Crippen LogP contribution is 2.24. The lowest BCUT2D eigenvalue weighted by atomic mass is 10.1.